The van der Waals surface area contributed by atoms with Gasteiger partial charge in [-0.2, -0.15) is 0 Å². The largest absolute Gasteiger partial charge is 0.508 e. The molecular formula is C22H18ClN3O. The quantitative estimate of drug-likeness (QED) is 0.402. The SMILES string of the molecule is NCCn1c2ccc(O)cc2c2c3c[nH]cc3c(-c3ccccc3Cl)cc21. The van der Waals surface area contributed by atoms with E-state index in [2.05, 4.69) is 15.6 Å². The van der Waals surface area contributed by atoms with Gasteiger partial charge in [0.15, 0.2) is 0 Å². The molecule has 0 atom stereocenters. The van der Waals surface area contributed by atoms with Gasteiger partial charge >= 0.3 is 0 Å². The van der Waals surface area contributed by atoms with Gasteiger partial charge in [0.25, 0.3) is 0 Å². The molecule has 4 N–H and O–H groups in total. The molecule has 2 heterocycles. The third-order valence-electron chi connectivity index (χ3n) is 5.19. The zero-order chi connectivity index (χ0) is 18.5. The van der Waals surface area contributed by atoms with Gasteiger partial charge in [-0.3, -0.25) is 0 Å². The Balaban J connectivity index is 2.00. The highest BCUT2D eigenvalue weighted by molar-refractivity contribution is 6.34. The number of fused-ring (bicyclic) bond motifs is 5. The fraction of sp³-hybridized carbons (Fsp3) is 0.0909. The number of phenols is 1. The number of nitrogens with one attached hydrogen (secondary N) is 1. The van der Waals surface area contributed by atoms with E-state index in [1.165, 1.54) is 0 Å². The fourth-order valence-electron chi connectivity index (χ4n) is 4.08. The number of halogens is 1. The Kier molecular flexibility index (Phi) is 3.64. The van der Waals surface area contributed by atoms with Crippen LogP contribution in [0.15, 0.2) is 60.9 Å². The van der Waals surface area contributed by atoms with Crippen LogP contribution in [0.2, 0.25) is 5.02 Å². The van der Waals surface area contributed by atoms with Crippen LogP contribution in [0.25, 0.3) is 43.7 Å². The molecule has 0 amide bonds. The number of aromatic hydroxyl groups is 1. The van der Waals surface area contributed by atoms with E-state index in [0.717, 1.165) is 48.7 Å². The third-order valence-corrected chi connectivity index (χ3v) is 5.52. The van der Waals surface area contributed by atoms with E-state index in [1.54, 1.807) is 6.07 Å². The second kappa shape index (κ2) is 6.05. The molecule has 0 bridgehead atoms. The predicted molar refractivity (Wildman–Crippen MR) is 112 cm³/mol. The summed E-state index contributed by atoms with van der Waals surface area (Å²) < 4.78 is 2.22. The average Bonchev–Trinajstić information content (AvgIpc) is 3.25. The van der Waals surface area contributed by atoms with Crippen LogP contribution in [0.5, 0.6) is 5.75 Å². The number of aromatic amines is 1. The van der Waals surface area contributed by atoms with E-state index in [4.69, 9.17) is 17.3 Å². The molecule has 0 saturated heterocycles. The van der Waals surface area contributed by atoms with Gasteiger partial charge in [-0.1, -0.05) is 29.8 Å². The van der Waals surface area contributed by atoms with Crippen molar-refractivity contribution in [1.82, 2.24) is 9.55 Å². The molecule has 5 aromatic rings. The molecule has 2 aromatic heterocycles. The van der Waals surface area contributed by atoms with E-state index in [-0.39, 0.29) is 5.75 Å². The summed E-state index contributed by atoms with van der Waals surface area (Å²) in [5.74, 6) is 0.258. The van der Waals surface area contributed by atoms with E-state index in [1.807, 2.05) is 48.8 Å². The van der Waals surface area contributed by atoms with Crippen molar-refractivity contribution in [3.8, 4) is 16.9 Å². The number of H-pyrrole nitrogens is 1. The van der Waals surface area contributed by atoms with Crippen molar-refractivity contribution in [3.05, 3.63) is 65.9 Å². The first-order chi connectivity index (χ1) is 13.2. The van der Waals surface area contributed by atoms with Gasteiger partial charge in [-0.25, -0.2) is 0 Å². The molecule has 0 aliphatic carbocycles. The molecular weight excluding hydrogens is 358 g/mol. The number of phenolic OH excluding ortho intramolecular Hbond substituents is 1. The van der Waals surface area contributed by atoms with Gasteiger partial charge in [0.05, 0.1) is 5.52 Å². The van der Waals surface area contributed by atoms with Crippen LogP contribution in [0.1, 0.15) is 0 Å². The molecule has 27 heavy (non-hydrogen) atoms. The van der Waals surface area contributed by atoms with Crippen molar-refractivity contribution >= 4 is 44.2 Å². The third kappa shape index (κ3) is 2.34. The molecule has 0 spiro atoms. The number of nitrogens with zero attached hydrogens (tertiary/aromatic N) is 1. The standard InChI is InChI=1S/C22H18ClN3O/c23-19-4-2-1-3-14(19)15-10-21-22(18-12-25-11-17(15)18)16-9-13(27)5-6-20(16)26(21)8-7-24/h1-6,9-12,25,27H,7-8,24H2. The molecule has 0 radical (unpaired) electrons. The average molecular weight is 376 g/mol. The topological polar surface area (TPSA) is 67.0 Å². The smallest absolute Gasteiger partial charge is 0.116 e. The lowest BCUT2D eigenvalue weighted by Crippen LogP contribution is -2.09. The molecule has 3 aromatic carbocycles. The number of rotatable bonds is 3. The Morgan fingerprint density at radius 3 is 2.56 bits per heavy atom. The van der Waals surface area contributed by atoms with Crippen molar-refractivity contribution in [2.24, 2.45) is 5.73 Å². The van der Waals surface area contributed by atoms with Crippen molar-refractivity contribution in [3.63, 3.8) is 0 Å². The minimum absolute atomic E-state index is 0.258. The zero-order valence-electron chi connectivity index (χ0n) is 14.5. The van der Waals surface area contributed by atoms with Gasteiger partial charge in [-0.15, -0.1) is 0 Å². The summed E-state index contributed by atoms with van der Waals surface area (Å²) in [4.78, 5) is 3.24. The summed E-state index contributed by atoms with van der Waals surface area (Å²) in [6.45, 7) is 1.23. The van der Waals surface area contributed by atoms with Crippen LogP contribution in [-0.2, 0) is 6.54 Å². The Hall–Kier alpha value is -2.95. The summed E-state index contributed by atoms with van der Waals surface area (Å²) in [6, 6.07) is 15.6. The number of hydrogen-bond acceptors (Lipinski definition) is 2. The fourth-order valence-corrected chi connectivity index (χ4v) is 4.31. The van der Waals surface area contributed by atoms with E-state index in [9.17, 15) is 5.11 Å². The minimum Gasteiger partial charge on any atom is -0.508 e. The lowest BCUT2D eigenvalue weighted by atomic mass is 9.97. The van der Waals surface area contributed by atoms with Crippen LogP contribution in [0, 0.1) is 0 Å². The summed E-state index contributed by atoms with van der Waals surface area (Å²) >= 11 is 6.51. The Bertz CT molecular complexity index is 1320. The Morgan fingerprint density at radius 2 is 1.74 bits per heavy atom. The second-order valence-electron chi connectivity index (χ2n) is 6.72. The molecule has 0 aliphatic rings. The molecule has 0 unspecified atom stereocenters. The number of hydrogen-bond donors (Lipinski definition) is 3. The van der Waals surface area contributed by atoms with Crippen molar-refractivity contribution < 1.29 is 5.11 Å². The second-order valence-corrected chi connectivity index (χ2v) is 7.13. The van der Waals surface area contributed by atoms with Crippen molar-refractivity contribution in [2.75, 3.05) is 6.54 Å². The van der Waals surface area contributed by atoms with Gasteiger partial charge in [0.2, 0.25) is 0 Å². The maximum absolute atomic E-state index is 10.1. The molecule has 4 nitrogen and oxygen atoms in total. The van der Waals surface area contributed by atoms with E-state index < -0.39 is 0 Å². The number of benzene rings is 3. The summed E-state index contributed by atoms with van der Waals surface area (Å²) in [5.41, 5.74) is 10.1. The molecule has 5 heteroatoms. The Morgan fingerprint density at radius 1 is 0.926 bits per heavy atom. The molecule has 134 valence electrons. The van der Waals surface area contributed by atoms with Crippen LogP contribution < -0.4 is 5.73 Å². The van der Waals surface area contributed by atoms with Crippen LogP contribution in [0.4, 0.5) is 0 Å². The van der Waals surface area contributed by atoms with Crippen molar-refractivity contribution in [1.29, 1.82) is 0 Å². The predicted octanol–water partition coefficient (Wildman–Crippen LogP) is 5.26. The van der Waals surface area contributed by atoms with Crippen LogP contribution in [-0.4, -0.2) is 21.2 Å². The summed E-state index contributed by atoms with van der Waals surface area (Å²) in [5, 5.41) is 15.1. The van der Waals surface area contributed by atoms with Gasteiger partial charge in [0.1, 0.15) is 5.75 Å². The highest BCUT2D eigenvalue weighted by Crippen LogP contribution is 2.42. The first-order valence-electron chi connectivity index (χ1n) is 8.88. The molecule has 5 rings (SSSR count). The molecule has 0 aliphatic heterocycles. The van der Waals surface area contributed by atoms with E-state index in [0.29, 0.717) is 13.1 Å². The minimum atomic E-state index is 0.258. The molecule has 0 saturated carbocycles. The van der Waals surface area contributed by atoms with Gasteiger partial charge in [0, 0.05) is 63.1 Å². The normalized spacial score (nSPS) is 11.8. The highest BCUT2D eigenvalue weighted by atomic mass is 35.5. The summed E-state index contributed by atoms with van der Waals surface area (Å²) in [6.07, 6.45) is 4.01. The van der Waals surface area contributed by atoms with Crippen molar-refractivity contribution in [2.45, 2.75) is 6.54 Å². The lowest BCUT2D eigenvalue weighted by molar-refractivity contribution is 0.476. The lowest BCUT2D eigenvalue weighted by Gasteiger charge is -2.10. The maximum atomic E-state index is 10.1. The first-order valence-corrected chi connectivity index (χ1v) is 9.26. The monoisotopic (exact) mass is 375 g/mol. The maximum Gasteiger partial charge on any atom is 0.116 e. The summed E-state index contributed by atoms with van der Waals surface area (Å²) in [7, 11) is 0. The zero-order valence-corrected chi connectivity index (χ0v) is 15.3. The van der Waals surface area contributed by atoms with Crippen LogP contribution in [0.3, 0.4) is 0 Å². The molecule has 0 fully saturated rings. The number of nitrogens with two attached hydrogens (primary N) is 1. The van der Waals surface area contributed by atoms with Crippen LogP contribution >= 0.6 is 11.6 Å². The first kappa shape index (κ1) is 16.2. The highest BCUT2D eigenvalue weighted by Gasteiger charge is 2.18. The van der Waals surface area contributed by atoms with Gasteiger partial charge < -0.3 is 20.4 Å². The van der Waals surface area contributed by atoms with Gasteiger partial charge in [-0.05, 0) is 35.9 Å². The Labute approximate surface area is 160 Å². The number of aromatic nitrogens is 2. The van der Waals surface area contributed by atoms with E-state index >= 15 is 0 Å².